The number of urea groups is 1. The quantitative estimate of drug-likeness (QED) is 0.797. The zero-order valence-corrected chi connectivity index (χ0v) is 13.5. The van der Waals surface area contributed by atoms with Crippen LogP contribution in [0.5, 0.6) is 0 Å². The van der Waals surface area contributed by atoms with Crippen molar-refractivity contribution in [3.05, 3.63) is 0 Å². The van der Waals surface area contributed by atoms with E-state index >= 15 is 0 Å². The monoisotopic (exact) mass is 279 g/mol. The predicted octanol–water partition coefficient (Wildman–Crippen LogP) is 3.62. The first-order valence-corrected chi connectivity index (χ1v) is 7.87. The van der Waals surface area contributed by atoms with Gasteiger partial charge in [-0.25, -0.2) is 4.79 Å². The zero-order valence-electron chi connectivity index (χ0n) is 13.5. The molecule has 2 N–H and O–H groups in total. The van der Waals surface area contributed by atoms with Crippen LogP contribution in [-0.2, 0) is 0 Å². The molecule has 1 heterocycles. The van der Waals surface area contributed by atoms with Crippen LogP contribution in [0.15, 0.2) is 0 Å². The lowest BCUT2D eigenvalue weighted by atomic mass is 9.61. The van der Waals surface area contributed by atoms with Crippen molar-refractivity contribution in [2.24, 2.45) is 17.3 Å². The van der Waals surface area contributed by atoms with Gasteiger partial charge in [-0.05, 0) is 30.1 Å². The number of nitrogens with one attached hydrogen (secondary N) is 2. The summed E-state index contributed by atoms with van der Waals surface area (Å²) in [6, 6.07) is -0.0696. The maximum atomic E-state index is 12.3. The minimum atomic E-state index is -0.391. The number of carbonyl (C=O) groups is 1. The topological polar surface area (TPSA) is 56.2 Å². The second kappa shape index (κ2) is 5.05. The van der Waals surface area contributed by atoms with E-state index in [1.807, 2.05) is 4.90 Å². The van der Waals surface area contributed by atoms with Gasteiger partial charge < -0.3 is 4.90 Å². The molecular weight excluding hydrogens is 250 g/mol. The number of rotatable bonds is 2. The number of amides is 2. The molecular formula is C16H29N3O. The van der Waals surface area contributed by atoms with Crippen molar-refractivity contribution in [3.8, 4) is 0 Å². The van der Waals surface area contributed by atoms with Crippen molar-refractivity contribution in [2.75, 3.05) is 6.54 Å². The molecule has 2 amide bonds. The van der Waals surface area contributed by atoms with Crippen LogP contribution >= 0.6 is 0 Å². The molecule has 0 bridgehead atoms. The van der Waals surface area contributed by atoms with Crippen molar-refractivity contribution in [2.45, 2.75) is 65.8 Å². The van der Waals surface area contributed by atoms with Gasteiger partial charge in [0, 0.05) is 6.54 Å². The number of carbonyl (C=O) groups excluding carboxylic acids is 1. The van der Waals surface area contributed by atoms with Crippen LogP contribution in [0.3, 0.4) is 0 Å². The summed E-state index contributed by atoms with van der Waals surface area (Å²) in [6.45, 7) is 11.7. The van der Waals surface area contributed by atoms with Crippen molar-refractivity contribution >= 4 is 11.9 Å². The molecule has 0 aromatic rings. The van der Waals surface area contributed by atoms with Crippen molar-refractivity contribution in [1.29, 1.82) is 5.41 Å². The Morgan fingerprint density at radius 1 is 1.40 bits per heavy atom. The summed E-state index contributed by atoms with van der Waals surface area (Å²) in [4.78, 5) is 14.3. The highest BCUT2D eigenvalue weighted by molar-refractivity contribution is 6.08. The summed E-state index contributed by atoms with van der Waals surface area (Å²) in [6.07, 6.45) is 4.36. The fourth-order valence-electron chi connectivity index (χ4n) is 4.14. The maximum absolute atomic E-state index is 12.3. The first-order valence-electron chi connectivity index (χ1n) is 7.87. The van der Waals surface area contributed by atoms with E-state index < -0.39 is 5.54 Å². The van der Waals surface area contributed by atoms with Gasteiger partial charge in [-0.3, -0.25) is 10.7 Å². The third kappa shape index (κ3) is 2.33. The predicted molar refractivity (Wildman–Crippen MR) is 81.9 cm³/mol. The van der Waals surface area contributed by atoms with Crippen LogP contribution in [0.2, 0.25) is 0 Å². The Hall–Kier alpha value is -1.06. The van der Waals surface area contributed by atoms with E-state index in [9.17, 15) is 4.79 Å². The molecule has 20 heavy (non-hydrogen) atoms. The van der Waals surface area contributed by atoms with E-state index in [1.54, 1.807) is 0 Å². The number of amidine groups is 1. The maximum Gasteiger partial charge on any atom is 0.323 e. The number of hydrogen-bond acceptors (Lipinski definition) is 2. The Morgan fingerprint density at radius 2 is 2.05 bits per heavy atom. The Bertz CT molecular complexity index is 410. The summed E-state index contributed by atoms with van der Waals surface area (Å²) in [7, 11) is 0. The molecule has 1 spiro atoms. The lowest BCUT2D eigenvalue weighted by Gasteiger charge is -2.51. The molecule has 1 aliphatic heterocycles. The van der Waals surface area contributed by atoms with Crippen molar-refractivity contribution < 1.29 is 4.79 Å². The highest BCUT2D eigenvalue weighted by Crippen LogP contribution is 2.49. The van der Waals surface area contributed by atoms with Gasteiger partial charge in [0.15, 0.2) is 0 Å². The average Bonchev–Trinajstić information content (AvgIpc) is 2.53. The molecule has 2 unspecified atom stereocenters. The summed E-state index contributed by atoms with van der Waals surface area (Å²) in [5.41, 5.74) is -0.286. The van der Waals surface area contributed by atoms with E-state index in [0.717, 1.165) is 25.8 Å². The molecule has 0 aromatic carbocycles. The van der Waals surface area contributed by atoms with Gasteiger partial charge in [0.25, 0.3) is 0 Å². The van der Waals surface area contributed by atoms with Gasteiger partial charge in [0.05, 0.1) is 0 Å². The Labute approximate surface area is 122 Å². The van der Waals surface area contributed by atoms with Crippen LogP contribution in [-0.4, -0.2) is 28.9 Å². The molecule has 1 saturated heterocycles. The Kier molecular flexibility index (Phi) is 3.87. The van der Waals surface area contributed by atoms with Gasteiger partial charge in [0.2, 0.25) is 0 Å². The average molecular weight is 279 g/mol. The van der Waals surface area contributed by atoms with Crippen LogP contribution < -0.4 is 5.32 Å². The SMILES string of the molecule is CC(C)CN1C(=O)NC(=N)C12CCCCC2C(C)(C)C. The zero-order chi connectivity index (χ0) is 15.1. The van der Waals surface area contributed by atoms with Crippen LogP contribution in [0.4, 0.5) is 4.79 Å². The van der Waals surface area contributed by atoms with Gasteiger partial charge >= 0.3 is 6.03 Å². The molecule has 4 nitrogen and oxygen atoms in total. The first-order chi connectivity index (χ1) is 9.19. The van der Waals surface area contributed by atoms with E-state index in [-0.39, 0.29) is 11.4 Å². The van der Waals surface area contributed by atoms with Gasteiger partial charge in [-0.1, -0.05) is 47.5 Å². The molecule has 2 rings (SSSR count). The third-order valence-corrected chi connectivity index (χ3v) is 4.86. The van der Waals surface area contributed by atoms with E-state index in [2.05, 4.69) is 39.9 Å². The highest BCUT2D eigenvalue weighted by atomic mass is 16.2. The lowest BCUT2D eigenvalue weighted by molar-refractivity contribution is 0.0287. The fourth-order valence-corrected chi connectivity index (χ4v) is 4.14. The Balaban J connectivity index is 2.45. The largest absolute Gasteiger partial charge is 0.323 e. The molecule has 2 aliphatic rings. The molecule has 4 heteroatoms. The highest BCUT2D eigenvalue weighted by Gasteiger charge is 2.58. The smallest absolute Gasteiger partial charge is 0.311 e. The second-order valence-corrected chi connectivity index (χ2v) is 7.90. The van der Waals surface area contributed by atoms with Gasteiger partial charge in [0.1, 0.15) is 11.4 Å². The number of nitrogens with zero attached hydrogens (tertiary/aromatic N) is 1. The summed E-state index contributed by atoms with van der Waals surface area (Å²) in [5.74, 6) is 1.21. The third-order valence-electron chi connectivity index (χ3n) is 4.86. The van der Waals surface area contributed by atoms with Gasteiger partial charge in [-0.2, -0.15) is 0 Å². The molecule has 2 atom stereocenters. The molecule has 0 radical (unpaired) electrons. The summed E-state index contributed by atoms with van der Waals surface area (Å²) in [5, 5.41) is 11.2. The van der Waals surface area contributed by atoms with Gasteiger partial charge in [-0.15, -0.1) is 0 Å². The first kappa shape index (κ1) is 15.3. The normalized spacial score (nSPS) is 31.3. The molecule has 1 saturated carbocycles. The van der Waals surface area contributed by atoms with Crippen LogP contribution in [0.25, 0.3) is 0 Å². The van der Waals surface area contributed by atoms with E-state index in [4.69, 9.17) is 5.41 Å². The lowest BCUT2D eigenvalue weighted by Crippen LogP contribution is -2.60. The minimum Gasteiger partial charge on any atom is -0.311 e. The van der Waals surface area contributed by atoms with Crippen LogP contribution in [0, 0.1) is 22.7 Å². The van der Waals surface area contributed by atoms with E-state index in [1.165, 1.54) is 6.42 Å². The minimum absolute atomic E-state index is 0.0696. The summed E-state index contributed by atoms with van der Waals surface area (Å²) >= 11 is 0. The molecule has 1 aliphatic carbocycles. The van der Waals surface area contributed by atoms with E-state index in [0.29, 0.717) is 17.7 Å². The van der Waals surface area contributed by atoms with Crippen molar-refractivity contribution in [3.63, 3.8) is 0 Å². The number of hydrogen-bond donors (Lipinski definition) is 2. The molecule has 0 aromatic heterocycles. The Morgan fingerprint density at radius 3 is 2.60 bits per heavy atom. The van der Waals surface area contributed by atoms with Crippen molar-refractivity contribution in [1.82, 2.24) is 10.2 Å². The second-order valence-electron chi connectivity index (χ2n) is 7.90. The standard InChI is InChI=1S/C16H29N3O/c1-11(2)10-19-14(20)18-13(17)16(19)9-7-6-8-12(16)15(3,4)5/h11-12H,6-10H2,1-5H3,(H2,17,18,20). The molecule has 114 valence electrons. The van der Waals surface area contributed by atoms with Crippen LogP contribution in [0.1, 0.15) is 60.3 Å². The summed E-state index contributed by atoms with van der Waals surface area (Å²) < 4.78 is 0. The fraction of sp³-hybridized carbons (Fsp3) is 0.875. The molecule has 2 fully saturated rings.